The van der Waals surface area contributed by atoms with Crippen molar-refractivity contribution in [1.82, 2.24) is 0 Å². The van der Waals surface area contributed by atoms with Gasteiger partial charge in [-0.1, -0.05) is 85.8 Å². The van der Waals surface area contributed by atoms with Crippen molar-refractivity contribution in [2.45, 2.75) is 32.6 Å². The highest BCUT2D eigenvalue weighted by Crippen LogP contribution is 2.47. The Kier molecular flexibility index (Phi) is 9.82. The van der Waals surface area contributed by atoms with Crippen molar-refractivity contribution in [1.29, 1.82) is 0 Å². The predicted molar refractivity (Wildman–Crippen MR) is 122 cm³/mol. The molecule has 0 heterocycles. The minimum Gasteiger partial charge on any atom is -0.260 e. The Morgan fingerprint density at radius 1 is 0.808 bits per heavy atom. The zero-order valence-corrected chi connectivity index (χ0v) is 18.3. The van der Waals surface area contributed by atoms with E-state index in [-0.39, 0.29) is 0 Å². The molecule has 2 aromatic rings. The molecule has 1 atom stereocenters. The van der Waals surface area contributed by atoms with Gasteiger partial charge in [-0.3, -0.25) is 4.21 Å². The van der Waals surface area contributed by atoms with Gasteiger partial charge in [-0.25, -0.2) is 0 Å². The normalized spacial score (nSPS) is 12.8. The zero-order chi connectivity index (χ0) is 18.7. The summed E-state index contributed by atoms with van der Waals surface area (Å²) in [6, 6.07) is 19.8. The van der Waals surface area contributed by atoms with Gasteiger partial charge in [0.1, 0.15) is 0 Å². The molecule has 2 rings (SSSR count). The molecule has 0 saturated heterocycles. The maximum atomic E-state index is 12.3. The highest BCUT2D eigenvalue weighted by Gasteiger charge is 2.18. The van der Waals surface area contributed by atoms with Crippen LogP contribution < -0.4 is 0 Å². The maximum Gasteiger partial charge on any atom is 0.0281 e. The molecule has 0 amide bonds. The van der Waals surface area contributed by atoms with E-state index in [4.69, 9.17) is 11.8 Å². The summed E-state index contributed by atoms with van der Waals surface area (Å²) in [5.41, 5.74) is 2.74. The first-order valence-corrected chi connectivity index (χ1v) is 14.5. The first kappa shape index (κ1) is 21.5. The second kappa shape index (κ2) is 11.8. The van der Waals surface area contributed by atoms with E-state index >= 15 is 0 Å². The molecule has 0 aliphatic carbocycles. The molecule has 1 unspecified atom stereocenters. The molecule has 0 aromatic heterocycles. The topological polar surface area (TPSA) is 17.1 Å². The van der Waals surface area contributed by atoms with Gasteiger partial charge in [-0.15, -0.1) is 0 Å². The van der Waals surface area contributed by atoms with Gasteiger partial charge < -0.3 is 0 Å². The number of hydrogen-bond acceptors (Lipinski definition) is 2. The van der Waals surface area contributed by atoms with Crippen LogP contribution in [0.5, 0.6) is 0 Å². The molecule has 26 heavy (non-hydrogen) atoms. The van der Waals surface area contributed by atoms with Crippen molar-refractivity contribution in [3.05, 3.63) is 71.8 Å². The molecule has 0 fully saturated rings. The van der Waals surface area contributed by atoms with E-state index in [1.807, 2.05) is 0 Å². The summed E-state index contributed by atoms with van der Waals surface area (Å²) in [5, 5.41) is 0. The van der Waals surface area contributed by atoms with Gasteiger partial charge >= 0.3 is 0 Å². The summed E-state index contributed by atoms with van der Waals surface area (Å²) in [6.45, 7) is 2.15. The summed E-state index contributed by atoms with van der Waals surface area (Å²) in [4.78, 5) is 0. The lowest BCUT2D eigenvalue weighted by atomic mass is 10.2. The Morgan fingerprint density at radius 2 is 1.31 bits per heavy atom. The van der Waals surface area contributed by atoms with Crippen molar-refractivity contribution in [3.8, 4) is 0 Å². The van der Waals surface area contributed by atoms with Crippen LogP contribution >= 0.6 is 6.04 Å². The highest BCUT2D eigenvalue weighted by molar-refractivity contribution is 8.14. The first-order chi connectivity index (χ1) is 12.6. The Labute approximate surface area is 167 Å². The van der Waals surface area contributed by atoms with Gasteiger partial charge in [0.2, 0.25) is 0 Å². The van der Waals surface area contributed by atoms with Gasteiger partial charge in [0.05, 0.1) is 0 Å². The van der Waals surface area contributed by atoms with Crippen molar-refractivity contribution in [2.24, 2.45) is 0 Å². The number of rotatable bonds is 12. The molecule has 0 aliphatic heterocycles. The summed E-state index contributed by atoms with van der Waals surface area (Å²) >= 11 is 6.21. The van der Waals surface area contributed by atoms with Crippen LogP contribution in [0, 0.1) is 0 Å². The van der Waals surface area contributed by atoms with Gasteiger partial charge in [0, 0.05) is 22.3 Å². The summed E-state index contributed by atoms with van der Waals surface area (Å²) in [5.74, 6) is 1.63. The molecule has 1 nitrogen and oxygen atoms in total. The Hall–Kier alpha value is -0.760. The van der Waals surface area contributed by atoms with Crippen LogP contribution in [0.1, 0.15) is 30.9 Å². The molecule has 0 spiro atoms. The molecule has 0 aliphatic rings. The Balaban J connectivity index is 1.96. The van der Waals surface area contributed by atoms with E-state index < -0.39 is 16.8 Å². The van der Waals surface area contributed by atoms with Crippen molar-refractivity contribution >= 4 is 28.6 Å². The smallest absolute Gasteiger partial charge is 0.0281 e. The third-order valence-electron chi connectivity index (χ3n) is 4.75. The maximum absolute atomic E-state index is 12.3. The second-order valence-electron chi connectivity index (χ2n) is 6.90. The second-order valence-corrected chi connectivity index (χ2v) is 14.4. The lowest BCUT2D eigenvalue weighted by Gasteiger charge is -2.22. The van der Waals surface area contributed by atoms with Gasteiger partial charge in [-0.05, 0) is 54.9 Å². The number of hydrogen-bond donors (Lipinski definition) is 0. The first-order valence-electron chi connectivity index (χ1n) is 9.61. The Morgan fingerprint density at radius 3 is 1.77 bits per heavy atom. The average Bonchev–Trinajstić information content (AvgIpc) is 2.69. The monoisotopic (exact) mass is 406 g/mol. The summed E-state index contributed by atoms with van der Waals surface area (Å²) < 4.78 is 12.3. The van der Waals surface area contributed by atoms with Crippen molar-refractivity contribution in [2.75, 3.05) is 30.0 Å². The van der Waals surface area contributed by atoms with Crippen LogP contribution in [0.3, 0.4) is 0 Å². The third kappa shape index (κ3) is 8.29. The molecule has 0 saturated carbocycles. The molecular weight excluding hydrogens is 375 g/mol. The largest absolute Gasteiger partial charge is 0.260 e. The molecule has 142 valence electrons. The van der Waals surface area contributed by atoms with Crippen LogP contribution in [-0.2, 0) is 35.4 Å². The molecule has 0 bridgehead atoms. The van der Waals surface area contributed by atoms with E-state index in [1.54, 1.807) is 0 Å². The highest BCUT2D eigenvalue weighted by atomic mass is 32.4. The third-order valence-corrected chi connectivity index (χ3v) is 11.2. The van der Waals surface area contributed by atoms with Crippen LogP contribution in [0.2, 0.25) is 0 Å². The van der Waals surface area contributed by atoms with E-state index in [2.05, 4.69) is 67.6 Å². The number of unbranched alkanes of at least 4 members (excludes halogenated alkanes) is 1. The fraction of sp³-hybridized carbons (Fsp3) is 0.455. The van der Waals surface area contributed by atoms with Crippen LogP contribution in [-0.4, -0.2) is 34.2 Å². The zero-order valence-electron chi connectivity index (χ0n) is 15.8. The van der Waals surface area contributed by atoms with E-state index in [1.165, 1.54) is 11.1 Å². The van der Waals surface area contributed by atoms with E-state index in [0.29, 0.717) is 0 Å². The van der Waals surface area contributed by atoms with Gasteiger partial charge in [-0.2, -0.15) is 0 Å². The number of aryl methyl sites for hydroxylation is 2. The van der Waals surface area contributed by atoms with Crippen molar-refractivity contribution < 1.29 is 4.21 Å². The fourth-order valence-electron chi connectivity index (χ4n) is 2.97. The molecule has 0 radical (unpaired) electrons. The van der Waals surface area contributed by atoms with Gasteiger partial charge in [0.15, 0.2) is 0 Å². The SMILES string of the molecule is CCCCS(=O)CCP(=S)(CCc1ccccc1)CCc1ccccc1. The quantitative estimate of drug-likeness (QED) is 0.433. The summed E-state index contributed by atoms with van der Waals surface area (Å²) in [6.07, 6.45) is 7.43. The summed E-state index contributed by atoms with van der Waals surface area (Å²) in [7, 11) is -0.701. The van der Waals surface area contributed by atoms with Crippen LogP contribution in [0.15, 0.2) is 60.7 Å². The molecular formula is C22H31OPS2. The van der Waals surface area contributed by atoms with E-state index in [9.17, 15) is 4.21 Å². The fourth-order valence-corrected chi connectivity index (χ4v) is 9.15. The predicted octanol–water partition coefficient (Wildman–Crippen LogP) is 5.50. The van der Waals surface area contributed by atoms with Crippen LogP contribution in [0.4, 0.5) is 0 Å². The number of benzene rings is 2. The Bertz CT molecular complexity index is 653. The van der Waals surface area contributed by atoms with Gasteiger partial charge in [0.25, 0.3) is 0 Å². The minimum atomic E-state index is -1.50. The van der Waals surface area contributed by atoms with Crippen LogP contribution in [0.25, 0.3) is 0 Å². The molecule has 2 aromatic carbocycles. The lowest BCUT2D eigenvalue weighted by Crippen LogP contribution is -2.12. The standard InChI is InChI=1S/C22H31OPS2/c1-2-3-19-26(23)20-18-24(25,16-14-21-10-6-4-7-11-21)17-15-22-12-8-5-9-13-22/h4-13H,2-3,14-20H2,1H3. The lowest BCUT2D eigenvalue weighted by molar-refractivity contribution is 0.680. The molecule has 0 N–H and O–H groups in total. The van der Waals surface area contributed by atoms with Crippen molar-refractivity contribution in [3.63, 3.8) is 0 Å². The van der Waals surface area contributed by atoms with E-state index in [0.717, 1.165) is 55.7 Å². The molecule has 4 heteroatoms. The average molecular weight is 407 g/mol. The minimum absolute atomic E-state index is 0.701.